The van der Waals surface area contributed by atoms with E-state index in [1.165, 1.54) is 16.2 Å². The van der Waals surface area contributed by atoms with Gasteiger partial charge in [0.15, 0.2) is 0 Å². The molecule has 0 aliphatic carbocycles. The van der Waals surface area contributed by atoms with Crippen LogP contribution in [0.25, 0.3) is 10.1 Å². The van der Waals surface area contributed by atoms with Crippen molar-refractivity contribution >= 4 is 39.0 Å². The second-order valence-electron chi connectivity index (χ2n) is 4.68. The third-order valence-electron chi connectivity index (χ3n) is 3.23. The number of rotatable bonds is 5. The van der Waals surface area contributed by atoms with Gasteiger partial charge in [0.2, 0.25) is 0 Å². The average Bonchev–Trinajstić information content (AvgIpc) is 2.91. The molecule has 6 heteroatoms. The summed E-state index contributed by atoms with van der Waals surface area (Å²) in [6.07, 6.45) is 0.780. The third-order valence-corrected chi connectivity index (χ3v) is 4.28. The number of anilines is 1. The van der Waals surface area contributed by atoms with Crippen molar-refractivity contribution in [1.29, 1.82) is 0 Å². The van der Waals surface area contributed by atoms with Gasteiger partial charge in [-0.1, -0.05) is 35.9 Å². The summed E-state index contributed by atoms with van der Waals surface area (Å²) in [6, 6.07) is 13.8. The second-order valence-corrected chi connectivity index (χ2v) is 5.88. The summed E-state index contributed by atoms with van der Waals surface area (Å²) in [5, 5.41) is 5.01. The number of hydrogen-bond acceptors (Lipinski definition) is 5. The largest absolute Gasteiger partial charge is 0.362 e. The van der Waals surface area contributed by atoms with E-state index in [1.807, 2.05) is 24.3 Å². The molecule has 0 aliphatic heterocycles. The lowest BCUT2D eigenvalue weighted by Gasteiger charge is -2.17. The number of benzene rings is 1. The number of aromatic nitrogens is 2. The molecule has 0 amide bonds. The molecule has 2 heterocycles. The Morgan fingerprint density at radius 1 is 1.19 bits per heavy atom. The zero-order valence-electron chi connectivity index (χ0n) is 11.3. The van der Waals surface area contributed by atoms with Gasteiger partial charge in [-0.15, -0.1) is 0 Å². The van der Waals surface area contributed by atoms with Gasteiger partial charge in [-0.05, 0) is 42.7 Å². The lowest BCUT2D eigenvalue weighted by atomic mass is 10.1. The fourth-order valence-electron chi connectivity index (χ4n) is 2.27. The number of nitrogens with zero attached hydrogens (tertiary/aromatic N) is 2. The van der Waals surface area contributed by atoms with Crippen LogP contribution in [0.3, 0.4) is 0 Å². The maximum atomic E-state index is 5.94. The third kappa shape index (κ3) is 3.15. The van der Waals surface area contributed by atoms with Crippen molar-refractivity contribution < 1.29 is 0 Å². The Morgan fingerprint density at radius 2 is 2.05 bits per heavy atom. The summed E-state index contributed by atoms with van der Waals surface area (Å²) >= 11 is 7.44. The average molecular weight is 319 g/mol. The maximum absolute atomic E-state index is 5.94. The van der Waals surface area contributed by atoms with Crippen LogP contribution in [0.15, 0.2) is 42.5 Å². The minimum absolute atomic E-state index is 0.0251. The fourth-order valence-corrected chi connectivity index (χ4v) is 3.26. The van der Waals surface area contributed by atoms with E-state index in [0.29, 0.717) is 11.7 Å². The van der Waals surface area contributed by atoms with Crippen molar-refractivity contribution in [3.8, 4) is 0 Å². The first-order valence-corrected chi connectivity index (χ1v) is 7.86. The molecule has 0 bridgehead atoms. The van der Waals surface area contributed by atoms with Gasteiger partial charge < -0.3 is 11.1 Å². The molecular weight excluding hydrogens is 304 g/mol. The van der Waals surface area contributed by atoms with Crippen molar-refractivity contribution in [3.05, 3.63) is 53.3 Å². The molecule has 0 fully saturated rings. The Labute approximate surface area is 132 Å². The monoisotopic (exact) mass is 318 g/mol. The predicted octanol–water partition coefficient (Wildman–Crippen LogP) is 3.85. The zero-order chi connectivity index (χ0) is 14.7. The van der Waals surface area contributed by atoms with E-state index in [2.05, 4.69) is 26.8 Å². The lowest BCUT2D eigenvalue weighted by Crippen LogP contribution is -2.16. The first-order chi connectivity index (χ1) is 10.3. The van der Waals surface area contributed by atoms with Crippen molar-refractivity contribution in [2.24, 2.45) is 5.73 Å². The van der Waals surface area contributed by atoms with Crippen LogP contribution in [-0.2, 0) is 0 Å². The molecule has 1 aromatic carbocycles. The molecule has 3 aromatic rings. The Bertz CT molecular complexity index is 743. The molecular formula is C15H15ClN4S. The van der Waals surface area contributed by atoms with Crippen LogP contribution in [0.1, 0.15) is 18.2 Å². The molecule has 0 spiro atoms. The van der Waals surface area contributed by atoms with Crippen LogP contribution in [0.2, 0.25) is 5.15 Å². The molecule has 1 unspecified atom stereocenters. The van der Waals surface area contributed by atoms with Gasteiger partial charge in [-0.3, -0.25) is 0 Å². The Balaban J connectivity index is 1.94. The van der Waals surface area contributed by atoms with Crippen molar-refractivity contribution in [1.82, 2.24) is 9.36 Å². The summed E-state index contributed by atoms with van der Waals surface area (Å²) < 4.78 is 5.77. The second kappa shape index (κ2) is 6.39. The molecule has 4 nitrogen and oxygen atoms in total. The number of nitrogens with two attached hydrogens (primary N) is 1. The number of halogens is 1. The Morgan fingerprint density at radius 3 is 2.86 bits per heavy atom. The van der Waals surface area contributed by atoms with Crippen LogP contribution in [0.4, 0.5) is 5.82 Å². The van der Waals surface area contributed by atoms with Crippen LogP contribution in [0.5, 0.6) is 0 Å². The van der Waals surface area contributed by atoms with E-state index < -0.39 is 0 Å². The van der Waals surface area contributed by atoms with Crippen molar-refractivity contribution in [2.75, 3.05) is 11.9 Å². The van der Waals surface area contributed by atoms with Gasteiger partial charge in [-0.2, -0.15) is 4.37 Å². The van der Waals surface area contributed by atoms with E-state index in [9.17, 15) is 0 Å². The summed E-state index contributed by atoms with van der Waals surface area (Å²) in [5.74, 6) is 0.734. The first kappa shape index (κ1) is 14.3. The topological polar surface area (TPSA) is 63.8 Å². The SMILES string of the molecule is NCCC(Nc1cccc(Cl)n1)c1nsc2ccccc12. The molecule has 0 saturated carbocycles. The van der Waals surface area contributed by atoms with E-state index >= 15 is 0 Å². The molecule has 108 valence electrons. The minimum atomic E-state index is 0.0251. The van der Waals surface area contributed by atoms with Gasteiger partial charge in [0, 0.05) is 5.39 Å². The summed E-state index contributed by atoms with van der Waals surface area (Å²) in [6.45, 7) is 0.573. The Hall–Kier alpha value is -1.69. The van der Waals surface area contributed by atoms with Gasteiger partial charge in [0.1, 0.15) is 11.0 Å². The number of hydrogen-bond donors (Lipinski definition) is 2. The van der Waals surface area contributed by atoms with E-state index in [1.54, 1.807) is 6.07 Å². The molecule has 0 radical (unpaired) electrons. The minimum Gasteiger partial charge on any atom is -0.362 e. The highest BCUT2D eigenvalue weighted by molar-refractivity contribution is 7.13. The van der Waals surface area contributed by atoms with Crippen LogP contribution >= 0.6 is 23.1 Å². The van der Waals surface area contributed by atoms with Gasteiger partial charge in [0.05, 0.1) is 16.4 Å². The summed E-state index contributed by atoms with van der Waals surface area (Å²) in [7, 11) is 0. The van der Waals surface area contributed by atoms with Crippen LogP contribution in [-0.4, -0.2) is 15.9 Å². The predicted molar refractivity (Wildman–Crippen MR) is 88.9 cm³/mol. The molecule has 3 N–H and O–H groups in total. The number of pyridine rings is 1. The van der Waals surface area contributed by atoms with Crippen LogP contribution in [0, 0.1) is 0 Å². The van der Waals surface area contributed by atoms with Crippen molar-refractivity contribution in [3.63, 3.8) is 0 Å². The van der Waals surface area contributed by atoms with E-state index in [4.69, 9.17) is 17.3 Å². The highest BCUT2D eigenvalue weighted by atomic mass is 35.5. The molecule has 3 rings (SSSR count). The molecule has 2 aromatic heterocycles. The summed E-state index contributed by atoms with van der Waals surface area (Å²) in [4.78, 5) is 4.27. The highest BCUT2D eigenvalue weighted by Gasteiger charge is 2.17. The standard InChI is InChI=1S/C15H15ClN4S/c16-13-6-3-7-14(19-13)18-11(8-9-17)15-10-4-1-2-5-12(10)21-20-15/h1-7,11H,8-9,17H2,(H,18,19). The van der Waals surface area contributed by atoms with Gasteiger partial charge in [0.25, 0.3) is 0 Å². The first-order valence-electron chi connectivity index (χ1n) is 6.71. The summed E-state index contributed by atoms with van der Waals surface area (Å²) in [5.41, 5.74) is 6.77. The normalized spacial score (nSPS) is 12.5. The molecule has 0 aliphatic rings. The van der Waals surface area contributed by atoms with E-state index in [-0.39, 0.29) is 6.04 Å². The van der Waals surface area contributed by atoms with Gasteiger partial charge >= 0.3 is 0 Å². The molecule has 21 heavy (non-hydrogen) atoms. The smallest absolute Gasteiger partial charge is 0.131 e. The highest BCUT2D eigenvalue weighted by Crippen LogP contribution is 2.30. The number of fused-ring (bicyclic) bond motifs is 1. The molecule has 0 saturated heterocycles. The van der Waals surface area contributed by atoms with Gasteiger partial charge in [-0.25, -0.2) is 4.98 Å². The quantitative estimate of drug-likeness (QED) is 0.701. The number of nitrogens with one attached hydrogen (secondary N) is 1. The maximum Gasteiger partial charge on any atom is 0.131 e. The van der Waals surface area contributed by atoms with Crippen molar-refractivity contribution in [2.45, 2.75) is 12.5 Å². The van der Waals surface area contributed by atoms with E-state index in [0.717, 1.165) is 23.3 Å². The zero-order valence-corrected chi connectivity index (χ0v) is 12.9. The molecule has 1 atom stereocenters. The lowest BCUT2D eigenvalue weighted by molar-refractivity contribution is 0.692. The fraction of sp³-hybridized carbons (Fsp3) is 0.200. The Kier molecular flexibility index (Phi) is 4.34. The van der Waals surface area contributed by atoms with Crippen LogP contribution < -0.4 is 11.1 Å².